The fourth-order valence-corrected chi connectivity index (χ4v) is 11.9. The Morgan fingerprint density at radius 3 is 2.46 bits per heavy atom. The summed E-state index contributed by atoms with van der Waals surface area (Å²) in [5.41, 5.74) is 6.27. The van der Waals surface area contributed by atoms with E-state index in [1.165, 1.54) is 20.3 Å². The molecule has 3 saturated heterocycles. The zero-order valence-corrected chi connectivity index (χ0v) is 42.0. The summed E-state index contributed by atoms with van der Waals surface area (Å²) in [7, 11) is 0.871. The summed E-state index contributed by atoms with van der Waals surface area (Å²) in [4.78, 5) is 53.5. The van der Waals surface area contributed by atoms with E-state index in [1.807, 2.05) is 66.8 Å². The quantitative estimate of drug-likeness (QED) is 0.0630. The molecule has 3 fully saturated rings. The van der Waals surface area contributed by atoms with Gasteiger partial charge in [0.2, 0.25) is 23.7 Å². The molecule has 10 rings (SSSR count). The van der Waals surface area contributed by atoms with Crippen LogP contribution in [0.5, 0.6) is 5.75 Å². The third kappa shape index (κ3) is 9.95. The number of halogens is 2. The number of anilines is 6. The maximum absolute atomic E-state index is 15.4. The molecule has 1 unspecified atom stereocenters. The van der Waals surface area contributed by atoms with Crippen molar-refractivity contribution in [3.8, 4) is 16.9 Å². The Morgan fingerprint density at radius 1 is 0.944 bits per heavy atom. The van der Waals surface area contributed by atoms with Crippen molar-refractivity contribution in [2.75, 3.05) is 87.5 Å². The van der Waals surface area contributed by atoms with Gasteiger partial charge in [-0.3, -0.25) is 33.8 Å². The predicted molar refractivity (Wildman–Crippen MR) is 273 cm³/mol. The lowest BCUT2D eigenvalue weighted by Crippen LogP contribution is -2.52. The molecule has 0 spiro atoms. The number of aryl methyl sites for hydroxylation is 1. The van der Waals surface area contributed by atoms with Gasteiger partial charge in [0, 0.05) is 95.1 Å². The molecule has 0 radical (unpaired) electrons. The summed E-state index contributed by atoms with van der Waals surface area (Å²) >= 11 is 3.60. The second kappa shape index (κ2) is 20.4. The van der Waals surface area contributed by atoms with Crippen LogP contribution in [-0.4, -0.2) is 120 Å². The van der Waals surface area contributed by atoms with Crippen LogP contribution in [0.15, 0.2) is 83.7 Å². The number of fused-ring (bicyclic) bond motifs is 2. The van der Waals surface area contributed by atoms with Crippen LogP contribution in [0, 0.1) is 5.82 Å². The number of rotatable bonds is 14. The van der Waals surface area contributed by atoms with E-state index < -0.39 is 19.5 Å². The lowest BCUT2D eigenvalue weighted by Gasteiger charge is -2.39. The zero-order chi connectivity index (χ0) is 49.4. The molecule has 4 aromatic carbocycles. The average molecular weight is 1050 g/mol. The van der Waals surface area contributed by atoms with E-state index in [1.54, 1.807) is 23.0 Å². The standard InChI is InChI=1S/C50H54BrFN11O7P/c1-60-28-32(26-54-60)37-25-42(57-50-53-27-38(51)48(59-50)56-40-11-8-30-6-4-5-7-35(30)47(40)71(67,68-2)69-3)46-36(16-23-70-46)45(37)63-21-19-62(20-22-63)44(65)29-61-17-14-31(15-18-61)34-10-9-33(24-39(34)52)55-41-12-13-43(64)58-49(41)66/h4-11,24-28,31,41,55H,12-23,29H2,1-3H3,(H,58,64,66)(H2,53,56,57,59). The van der Waals surface area contributed by atoms with E-state index in [4.69, 9.17) is 18.8 Å². The molecule has 2 aromatic heterocycles. The van der Waals surface area contributed by atoms with E-state index in [2.05, 4.69) is 57.1 Å². The fourth-order valence-electron chi connectivity index (χ4n) is 10.1. The third-order valence-corrected chi connectivity index (χ3v) is 16.3. The van der Waals surface area contributed by atoms with Crippen LogP contribution >= 0.6 is 23.5 Å². The predicted octanol–water partition coefficient (Wildman–Crippen LogP) is 7.21. The summed E-state index contributed by atoms with van der Waals surface area (Å²) in [5, 5.41) is 18.7. The van der Waals surface area contributed by atoms with Gasteiger partial charge in [-0.25, -0.2) is 9.37 Å². The van der Waals surface area contributed by atoms with Crippen molar-refractivity contribution in [3.05, 3.63) is 101 Å². The number of amides is 3. The van der Waals surface area contributed by atoms with Crippen molar-refractivity contribution in [3.63, 3.8) is 0 Å². The SMILES string of the molecule is COP(=O)(OC)c1c(Nc2nc(Nc3cc(-c4cnn(C)c4)c(N4CCN(C(=O)CN5CCC(c6ccc(NC7CCC(=O)NC7=O)cc6F)CC5)CC4)c4c3OCC4)ncc2Br)ccc2ccccc12. The van der Waals surface area contributed by atoms with E-state index in [0.717, 1.165) is 40.6 Å². The number of likely N-dealkylation sites (tertiary alicyclic amines) is 1. The van der Waals surface area contributed by atoms with Gasteiger partial charge in [0.25, 0.3) is 0 Å². The minimum atomic E-state index is -3.74. The molecule has 3 amide bonds. The number of nitrogens with zero attached hydrogens (tertiary/aromatic N) is 7. The molecule has 6 aromatic rings. The minimum Gasteiger partial charge on any atom is -0.491 e. The maximum atomic E-state index is 15.4. The highest BCUT2D eigenvalue weighted by Gasteiger charge is 2.34. The topological polar surface area (TPSA) is 197 Å². The molecule has 4 aliphatic rings. The second-order valence-corrected chi connectivity index (χ2v) is 21.1. The van der Waals surface area contributed by atoms with Crippen molar-refractivity contribution in [2.45, 2.75) is 44.1 Å². The van der Waals surface area contributed by atoms with Gasteiger partial charge in [-0.1, -0.05) is 36.4 Å². The van der Waals surface area contributed by atoms with Gasteiger partial charge in [-0.15, -0.1) is 0 Å². The first-order chi connectivity index (χ1) is 34.4. The highest BCUT2D eigenvalue weighted by molar-refractivity contribution is 9.10. The molecule has 1 atom stereocenters. The van der Waals surface area contributed by atoms with Crippen LogP contribution in [-0.2, 0) is 41.5 Å². The highest BCUT2D eigenvalue weighted by Crippen LogP contribution is 2.50. The average Bonchev–Trinajstić information content (AvgIpc) is 4.06. The molecular formula is C50H54BrFN11O7P. The van der Waals surface area contributed by atoms with Crippen LogP contribution in [0.1, 0.15) is 42.7 Å². The van der Waals surface area contributed by atoms with Gasteiger partial charge >= 0.3 is 7.60 Å². The molecular weight excluding hydrogens is 996 g/mol. The normalized spacial score (nSPS) is 17.8. The van der Waals surface area contributed by atoms with Crippen LogP contribution < -0.4 is 36.2 Å². The first-order valence-electron chi connectivity index (χ1n) is 23.6. The van der Waals surface area contributed by atoms with Crippen LogP contribution in [0.4, 0.5) is 38.9 Å². The molecule has 71 heavy (non-hydrogen) atoms. The molecule has 4 aliphatic heterocycles. The van der Waals surface area contributed by atoms with Crippen molar-refractivity contribution < 1.29 is 37.1 Å². The van der Waals surface area contributed by atoms with Gasteiger partial charge in [0.05, 0.1) is 46.2 Å². The molecule has 0 saturated carbocycles. The molecule has 0 bridgehead atoms. The summed E-state index contributed by atoms with van der Waals surface area (Å²) in [6.45, 7) is 4.47. The number of piperazine rings is 1. The summed E-state index contributed by atoms with van der Waals surface area (Å²) in [6, 6.07) is 17.8. The lowest BCUT2D eigenvalue weighted by atomic mass is 9.89. The monoisotopic (exact) mass is 1050 g/mol. The number of ether oxygens (including phenoxy) is 1. The number of piperidine rings is 2. The summed E-state index contributed by atoms with van der Waals surface area (Å²) in [6.07, 6.45) is 8.18. The van der Waals surface area contributed by atoms with Crippen molar-refractivity contribution in [2.24, 2.45) is 7.05 Å². The van der Waals surface area contributed by atoms with Crippen molar-refractivity contribution >= 4 is 91.8 Å². The number of imide groups is 1. The minimum absolute atomic E-state index is 0.0165. The summed E-state index contributed by atoms with van der Waals surface area (Å²) < 4.78 is 49.1. The Balaban J connectivity index is 0.815. The molecule has 370 valence electrons. The van der Waals surface area contributed by atoms with Crippen LogP contribution in [0.25, 0.3) is 21.9 Å². The van der Waals surface area contributed by atoms with E-state index in [0.29, 0.717) is 121 Å². The first-order valence-corrected chi connectivity index (χ1v) is 26.0. The van der Waals surface area contributed by atoms with Gasteiger partial charge < -0.3 is 39.5 Å². The van der Waals surface area contributed by atoms with Crippen molar-refractivity contribution in [1.82, 2.24) is 34.9 Å². The fraction of sp³-hybridized carbons (Fsp3) is 0.360. The van der Waals surface area contributed by atoms with Crippen molar-refractivity contribution in [1.29, 1.82) is 0 Å². The number of carbonyl (C=O) groups is 3. The van der Waals surface area contributed by atoms with E-state index >= 15 is 4.39 Å². The van der Waals surface area contributed by atoms with Crippen LogP contribution in [0.2, 0.25) is 0 Å². The highest BCUT2D eigenvalue weighted by atomic mass is 79.9. The number of aromatic nitrogens is 4. The number of carbonyl (C=O) groups excluding carboxylic acids is 3. The lowest BCUT2D eigenvalue weighted by molar-refractivity contribution is -0.134. The van der Waals surface area contributed by atoms with E-state index in [-0.39, 0.29) is 30.0 Å². The second-order valence-electron chi connectivity index (χ2n) is 18.1. The van der Waals surface area contributed by atoms with Gasteiger partial charge in [-0.2, -0.15) is 10.1 Å². The van der Waals surface area contributed by atoms with Gasteiger partial charge in [0.1, 0.15) is 23.4 Å². The Bertz CT molecular complexity index is 3080. The number of nitrogens with one attached hydrogen (secondary N) is 4. The van der Waals surface area contributed by atoms with E-state index in [9.17, 15) is 18.9 Å². The molecule has 4 N–H and O–H groups in total. The number of hydrogen-bond donors (Lipinski definition) is 4. The molecule has 0 aliphatic carbocycles. The van der Waals surface area contributed by atoms with Gasteiger partial charge in [0.15, 0.2) is 0 Å². The maximum Gasteiger partial charge on any atom is 0.363 e. The molecule has 21 heteroatoms. The summed E-state index contributed by atoms with van der Waals surface area (Å²) in [5.74, 6) is 0.470. The Kier molecular flexibility index (Phi) is 13.8. The number of hydrogen-bond acceptors (Lipinski definition) is 15. The van der Waals surface area contributed by atoms with Crippen LogP contribution in [0.3, 0.4) is 0 Å². The third-order valence-electron chi connectivity index (χ3n) is 13.8. The largest absolute Gasteiger partial charge is 0.491 e. The molecule has 6 heterocycles. The van der Waals surface area contributed by atoms with Gasteiger partial charge in [-0.05, 0) is 94.8 Å². The number of benzene rings is 4. The molecule has 18 nitrogen and oxygen atoms in total. The Labute approximate surface area is 418 Å². The smallest absolute Gasteiger partial charge is 0.363 e. The zero-order valence-electron chi connectivity index (χ0n) is 39.5. The Morgan fingerprint density at radius 2 is 1.73 bits per heavy atom. The Hall–Kier alpha value is -6.44. The first kappa shape index (κ1) is 48.2.